The molecule has 1 fully saturated rings. The summed E-state index contributed by atoms with van der Waals surface area (Å²) in [4.78, 5) is 14.1. The summed E-state index contributed by atoms with van der Waals surface area (Å²) in [6.07, 6.45) is 2.38. The molecule has 1 saturated carbocycles. The first-order valence-corrected chi connectivity index (χ1v) is 8.64. The van der Waals surface area contributed by atoms with Crippen LogP contribution in [-0.2, 0) is 0 Å². The Labute approximate surface area is 139 Å². The van der Waals surface area contributed by atoms with Crippen molar-refractivity contribution in [3.05, 3.63) is 45.8 Å². The molecule has 5 heteroatoms. The zero-order chi connectivity index (χ0) is 15.7. The van der Waals surface area contributed by atoms with E-state index in [0.29, 0.717) is 17.5 Å². The molecule has 0 saturated heterocycles. The minimum atomic E-state index is -0.0440. The molecule has 3 rings (SSSR count). The molecule has 3 N–H and O–H groups in total. The summed E-state index contributed by atoms with van der Waals surface area (Å²) in [6, 6.07) is 9.71. The molecule has 1 aliphatic rings. The van der Waals surface area contributed by atoms with Gasteiger partial charge in [-0.2, -0.15) is 0 Å². The lowest BCUT2D eigenvalue weighted by Crippen LogP contribution is -2.38. The summed E-state index contributed by atoms with van der Waals surface area (Å²) < 4.78 is 0. The van der Waals surface area contributed by atoms with Crippen LogP contribution in [0.15, 0.2) is 30.3 Å². The van der Waals surface area contributed by atoms with Crippen molar-refractivity contribution in [2.75, 3.05) is 6.54 Å². The fourth-order valence-electron chi connectivity index (χ4n) is 2.50. The Balaban J connectivity index is 1.72. The number of benzene rings is 1. The quantitative estimate of drug-likeness (QED) is 0.872. The maximum Gasteiger partial charge on any atom is 0.261 e. The largest absolute Gasteiger partial charge is 0.350 e. The first-order valence-electron chi connectivity index (χ1n) is 7.45. The van der Waals surface area contributed by atoms with Crippen molar-refractivity contribution in [3.8, 4) is 10.4 Å². The topological polar surface area (TPSA) is 55.1 Å². The molecule has 0 bridgehead atoms. The highest BCUT2D eigenvalue weighted by atomic mass is 35.5. The maximum absolute atomic E-state index is 12.3. The Hall–Kier alpha value is -1.36. The third kappa shape index (κ3) is 3.51. The number of carbonyl (C=O) groups is 1. The third-order valence-corrected chi connectivity index (χ3v) is 5.47. The van der Waals surface area contributed by atoms with Gasteiger partial charge in [0.15, 0.2) is 0 Å². The van der Waals surface area contributed by atoms with Crippen molar-refractivity contribution in [2.24, 2.45) is 11.7 Å². The number of aryl methyl sites for hydroxylation is 1. The van der Waals surface area contributed by atoms with Crippen LogP contribution in [0.4, 0.5) is 0 Å². The number of hydrogen-bond acceptors (Lipinski definition) is 3. The average Bonchev–Trinajstić information content (AvgIpc) is 3.27. The molecule has 1 aromatic carbocycles. The summed E-state index contributed by atoms with van der Waals surface area (Å²) >= 11 is 7.54. The number of hydrogen-bond donors (Lipinski definition) is 2. The van der Waals surface area contributed by atoms with Crippen molar-refractivity contribution in [3.63, 3.8) is 0 Å². The molecule has 0 spiro atoms. The van der Waals surface area contributed by atoms with E-state index in [2.05, 4.69) is 5.32 Å². The molecule has 1 atom stereocenters. The van der Waals surface area contributed by atoms with Crippen molar-refractivity contribution >= 4 is 28.8 Å². The normalized spacial score (nSPS) is 15.6. The highest BCUT2D eigenvalue weighted by Crippen LogP contribution is 2.34. The van der Waals surface area contributed by atoms with Crippen LogP contribution in [0.1, 0.15) is 28.1 Å². The van der Waals surface area contributed by atoms with Crippen LogP contribution in [-0.4, -0.2) is 18.5 Å². The number of thiophene rings is 1. The lowest BCUT2D eigenvalue weighted by Gasteiger charge is -2.10. The van der Waals surface area contributed by atoms with Gasteiger partial charge in [0.25, 0.3) is 5.91 Å². The summed E-state index contributed by atoms with van der Waals surface area (Å²) in [5, 5.41) is 3.64. The number of amides is 1. The van der Waals surface area contributed by atoms with Gasteiger partial charge < -0.3 is 11.1 Å². The Morgan fingerprint density at radius 1 is 1.45 bits per heavy atom. The predicted octanol–water partition coefficient (Wildman–Crippen LogP) is 3.84. The lowest BCUT2D eigenvalue weighted by molar-refractivity contribution is 0.0954. The summed E-state index contributed by atoms with van der Waals surface area (Å²) in [7, 11) is 0. The number of carbonyl (C=O) groups excluding carboxylic acids is 1. The SMILES string of the molecule is Cc1cc(C(=O)NCC(N)C2CC2)sc1-c1cccc(Cl)c1. The Morgan fingerprint density at radius 3 is 2.91 bits per heavy atom. The van der Waals surface area contributed by atoms with Gasteiger partial charge in [-0.3, -0.25) is 4.79 Å². The zero-order valence-corrected chi connectivity index (χ0v) is 14.0. The van der Waals surface area contributed by atoms with Gasteiger partial charge in [-0.05, 0) is 55.0 Å². The van der Waals surface area contributed by atoms with Gasteiger partial charge in [0, 0.05) is 22.5 Å². The Morgan fingerprint density at radius 2 is 2.23 bits per heavy atom. The van der Waals surface area contributed by atoms with E-state index in [1.165, 1.54) is 24.2 Å². The highest BCUT2D eigenvalue weighted by molar-refractivity contribution is 7.17. The van der Waals surface area contributed by atoms with Crippen LogP contribution < -0.4 is 11.1 Å². The number of halogens is 1. The van der Waals surface area contributed by atoms with Crippen LogP contribution in [0.5, 0.6) is 0 Å². The Kier molecular flexibility index (Phi) is 4.52. The summed E-state index contributed by atoms with van der Waals surface area (Å²) in [5.74, 6) is 0.546. The molecule has 1 unspecified atom stereocenters. The molecule has 1 heterocycles. The predicted molar refractivity (Wildman–Crippen MR) is 92.5 cm³/mol. The van der Waals surface area contributed by atoms with E-state index in [9.17, 15) is 4.79 Å². The average molecular weight is 335 g/mol. The molecule has 0 radical (unpaired) electrons. The van der Waals surface area contributed by atoms with E-state index in [-0.39, 0.29) is 11.9 Å². The number of nitrogens with two attached hydrogens (primary N) is 1. The van der Waals surface area contributed by atoms with Crippen LogP contribution in [0.3, 0.4) is 0 Å². The van der Waals surface area contributed by atoms with Crippen LogP contribution in [0.25, 0.3) is 10.4 Å². The zero-order valence-electron chi connectivity index (χ0n) is 12.4. The van der Waals surface area contributed by atoms with Crippen LogP contribution >= 0.6 is 22.9 Å². The number of nitrogens with one attached hydrogen (secondary N) is 1. The standard InChI is InChI=1S/C17H19ClN2OS/c1-10-7-15(17(21)20-9-14(19)11-5-6-11)22-16(10)12-3-2-4-13(18)8-12/h2-4,7-8,11,14H,5-6,9,19H2,1H3,(H,20,21). The second-order valence-corrected chi connectivity index (χ2v) is 7.33. The minimum absolute atomic E-state index is 0.0440. The van der Waals surface area contributed by atoms with Gasteiger partial charge >= 0.3 is 0 Å². The van der Waals surface area contributed by atoms with E-state index in [1.54, 1.807) is 0 Å². The molecular weight excluding hydrogens is 316 g/mol. The van der Waals surface area contributed by atoms with Gasteiger partial charge in [0.2, 0.25) is 0 Å². The molecule has 3 nitrogen and oxygen atoms in total. The van der Waals surface area contributed by atoms with E-state index in [0.717, 1.165) is 20.9 Å². The molecular formula is C17H19ClN2OS. The summed E-state index contributed by atoms with van der Waals surface area (Å²) in [5.41, 5.74) is 8.15. The second kappa shape index (κ2) is 6.41. The van der Waals surface area contributed by atoms with Gasteiger partial charge in [0.1, 0.15) is 0 Å². The molecule has 1 amide bonds. The van der Waals surface area contributed by atoms with E-state index < -0.39 is 0 Å². The lowest BCUT2D eigenvalue weighted by atomic mass is 10.1. The van der Waals surface area contributed by atoms with E-state index >= 15 is 0 Å². The molecule has 2 aromatic rings. The van der Waals surface area contributed by atoms with E-state index in [4.69, 9.17) is 17.3 Å². The molecule has 1 aliphatic carbocycles. The minimum Gasteiger partial charge on any atom is -0.350 e. The van der Waals surface area contributed by atoms with Gasteiger partial charge in [-0.15, -0.1) is 11.3 Å². The fourth-order valence-corrected chi connectivity index (χ4v) is 3.77. The van der Waals surface area contributed by atoms with Gasteiger partial charge in [-0.25, -0.2) is 0 Å². The Bertz CT molecular complexity index is 694. The highest BCUT2D eigenvalue weighted by Gasteiger charge is 2.28. The second-order valence-electron chi connectivity index (χ2n) is 5.84. The van der Waals surface area contributed by atoms with Crippen molar-refractivity contribution in [1.82, 2.24) is 5.32 Å². The first kappa shape index (κ1) is 15.5. The van der Waals surface area contributed by atoms with Gasteiger partial charge in [0.05, 0.1) is 4.88 Å². The van der Waals surface area contributed by atoms with Gasteiger partial charge in [-0.1, -0.05) is 23.7 Å². The monoisotopic (exact) mass is 334 g/mol. The fraction of sp³-hybridized carbons (Fsp3) is 0.353. The molecule has 116 valence electrons. The molecule has 1 aromatic heterocycles. The molecule has 0 aliphatic heterocycles. The smallest absolute Gasteiger partial charge is 0.261 e. The molecule has 22 heavy (non-hydrogen) atoms. The maximum atomic E-state index is 12.3. The summed E-state index contributed by atoms with van der Waals surface area (Å²) in [6.45, 7) is 2.56. The number of rotatable bonds is 5. The van der Waals surface area contributed by atoms with E-state index in [1.807, 2.05) is 37.3 Å². The van der Waals surface area contributed by atoms with Crippen molar-refractivity contribution in [1.29, 1.82) is 0 Å². The first-order chi connectivity index (χ1) is 10.5. The van der Waals surface area contributed by atoms with Crippen molar-refractivity contribution < 1.29 is 4.79 Å². The van der Waals surface area contributed by atoms with Crippen LogP contribution in [0, 0.1) is 12.8 Å². The van der Waals surface area contributed by atoms with Crippen molar-refractivity contribution in [2.45, 2.75) is 25.8 Å². The van der Waals surface area contributed by atoms with Crippen LogP contribution in [0.2, 0.25) is 5.02 Å². The third-order valence-electron chi connectivity index (χ3n) is 3.95.